The number of likely N-dealkylation sites (tertiary alicyclic amines) is 1. The van der Waals surface area contributed by atoms with Crippen molar-refractivity contribution in [2.45, 2.75) is 31.5 Å². The number of carbonyl (C=O) groups is 3. The van der Waals surface area contributed by atoms with Crippen LogP contribution in [0, 0.1) is 0 Å². The summed E-state index contributed by atoms with van der Waals surface area (Å²) in [6.07, 6.45) is -4.08. The number of alkyl halides is 3. The van der Waals surface area contributed by atoms with Crippen molar-refractivity contribution >= 4 is 17.8 Å². The molecule has 1 atom stereocenters. The zero-order chi connectivity index (χ0) is 14.6. The third-order valence-electron chi connectivity index (χ3n) is 2.67. The van der Waals surface area contributed by atoms with Crippen LogP contribution in [0.3, 0.4) is 0 Å². The maximum Gasteiger partial charge on any atom is 0.471 e. The van der Waals surface area contributed by atoms with Crippen LogP contribution in [0.2, 0.25) is 0 Å². The SMILES string of the molecule is O=C(O)CN1CCCCC(NC(=O)C(F)(F)F)C1=O. The zero-order valence-electron chi connectivity index (χ0n) is 9.87. The summed E-state index contributed by atoms with van der Waals surface area (Å²) in [5, 5.41) is 10.2. The third-order valence-corrected chi connectivity index (χ3v) is 2.67. The molecule has 1 heterocycles. The van der Waals surface area contributed by atoms with Gasteiger partial charge in [-0.2, -0.15) is 13.2 Å². The number of rotatable bonds is 3. The highest BCUT2D eigenvalue weighted by molar-refractivity contribution is 5.91. The monoisotopic (exact) mass is 282 g/mol. The van der Waals surface area contributed by atoms with Gasteiger partial charge in [-0.05, 0) is 19.3 Å². The molecule has 0 aromatic rings. The molecule has 0 radical (unpaired) electrons. The molecule has 9 heteroatoms. The Labute approximate surface area is 106 Å². The molecule has 0 aliphatic carbocycles. The molecule has 2 N–H and O–H groups in total. The van der Waals surface area contributed by atoms with Crippen molar-refractivity contribution in [1.82, 2.24) is 10.2 Å². The van der Waals surface area contributed by atoms with Crippen molar-refractivity contribution < 1.29 is 32.7 Å². The summed E-state index contributed by atoms with van der Waals surface area (Å²) < 4.78 is 36.3. The number of nitrogens with zero attached hydrogens (tertiary/aromatic N) is 1. The predicted octanol–water partition coefficient (Wildman–Crippen LogP) is 0.131. The highest BCUT2D eigenvalue weighted by Gasteiger charge is 2.41. The molecule has 0 aromatic carbocycles. The number of hydrogen-bond acceptors (Lipinski definition) is 3. The van der Waals surface area contributed by atoms with Gasteiger partial charge in [0.15, 0.2) is 0 Å². The van der Waals surface area contributed by atoms with Crippen molar-refractivity contribution in [3.05, 3.63) is 0 Å². The van der Waals surface area contributed by atoms with Crippen LogP contribution >= 0.6 is 0 Å². The number of carboxylic acid groups (broad SMARTS) is 1. The summed E-state index contributed by atoms with van der Waals surface area (Å²) in [5.74, 6) is -4.24. The summed E-state index contributed by atoms with van der Waals surface area (Å²) in [6.45, 7) is -0.430. The maximum absolute atomic E-state index is 12.1. The molecule has 0 spiro atoms. The summed E-state index contributed by atoms with van der Waals surface area (Å²) in [5.41, 5.74) is 0. The fraction of sp³-hybridized carbons (Fsp3) is 0.700. The van der Waals surface area contributed by atoms with E-state index >= 15 is 0 Å². The largest absolute Gasteiger partial charge is 0.480 e. The van der Waals surface area contributed by atoms with E-state index in [-0.39, 0.29) is 13.0 Å². The molecule has 1 fully saturated rings. The molecule has 0 bridgehead atoms. The highest BCUT2D eigenvalue weighted by atomic mass is 19.4. The Balaban J connectivity index is 2.73. The Bertz CT molecular complexity index is 383. The summed E-state index contributed by atoms with van der Waals surface area (Å²) in [6, 6.07) is -1.32. The highest BCUT2D eigenvalue weighted by Crippen LogP contribution is 2.17. The molecule has 1 aliphatic rings. The Morgan fingerprint density at radius 1 is 1.37 bits per heavy atom. The molecule has 0 saturated carbocycles. The second-order valence-electron chi connectivity index (χ2n) is 4.17. The van der Waals surface area contributed by atoms with Gasteiger partial charge in [0.25, 0.3) is 0 Å². The minimum Gasteiger partial charge on any atom is -0.480 e. The standard InChI is InChI=1S/C10H13F3N2O4/c11-10(12,13)9(19)14-6-3-1-2-4-15(8(6)18)5-7(16)17/h6H,1-5H2,(H,14,19)(H,16,17). The van der Waals surface area contributed by atoms with Gasteiger partial charge in [-0.1, -0.05) is 0 Å². The summed E-state index contributed by atoms with van der Waals surface area (Å²) >= 11 is 0. The Hall–Kier alpha value is -1.80. The van der Waals surface area contributed by atoms with Crippen molar-refractivity contribution in [1.29, 1.82) is 0 Å². The maximum atomic E-state index is 12.1. The Morgan fingerprint density at radius 2 is 2.00 bits per heavy atom. The van der Waals surface area contributed by atoms with Gasteiger partial charge in [0.05, 0.1) is 0 Å². The number of aliphatic carboxylic acids is 1. The Morgan fingerprint density at radius 3 is 2.53 bits per heavy atom. The molecule has 0 aromatic heterocycles. The van der Waals surface area contributed by atoms with Crippen LogP contribution in [0.15, 0.2) is 0 Å². The van der Waals surface area contributed by atoms with E-state index in [1.54, 1.807) is 5.32 Å². The number of halogens is 3. The van der Waals surface area contributed by atoms with Crippen LogP contribution in [-0.4, -0.2) is 53.1 Å². The fourth-order valence-corrected chi connectivity index (χ4v) is 1.80. The van der Waals surface area contributed by atoms with Gasteiger partial charge in [-0.3, -0.25) is 14.4 Å². The lowest BCUT2D eigenvalue weighted by atomic mass is 10.1. The minimum absolute atomic E-state index is 0.0662. The quantitative estimate of drug-likeness (QED) is 0.770. The van der Waals surface area contributed by atoms with Gasteiger partial charge in [-0.25, -0.2) is 0 Å². The first kappa shape index (κ1) is 15.3. The van der Waals surface area contributed by atoms with Crippen LogP contribution in [0.1, 0.15) is 19.3 Å². The lowest BCUT2D eigenvalue weighted by Gasteiger charge is -2.23. The van der Waals surface area contributed by atoms with Crippen LogP contribution in [0.4, 0.5) is 13.2 Å². The molecular formula is C10H13F3N2O4. The van der Waals surface area contributed by atoms with E-state index in [0.717, 1.165) is 4.90 Å². The molecule has 108 valence electrons. The molecule has 6 nitrogen and oxygen atoms in total. The second kappa shape index (κ2) is 5.89. The predicted molar refractivity (Wildman–Crippen MR) is 56.1 cm³/mol. The Kier molecular flexibility index (Phi) is 4.73. The average Bonchev–Trinajstić information content (AvgIpc) is 2.42. The summed E-state index contributed by atoms with van der Waals surface area (Å²) in [4.78, 5) is 34.1. The molecule has 1 aliphatic heterocycles. The fourth-order valence-electron chi connectivity index (χ4n) is 1.80. The lowest BCUT2D eigenvalue weighted by Crippen LogP contribution is -2.51. The smallest absolute Gasteiger partial charge is 0.471 e. The van der Waals surface area contributed by atoms with E-state index in [1.165, 1.54) is 0 Å². The molecule has 1 rings (SSSR count). The first-order valence-electron chi connectivity index (χ1n) is 5.60. The van der Waals surface area contributed by atoms with E-state index < -0.39 is 36.5 Å². The van der Waals surface area contributed by atoms with E-state index in [1.807, 2.05) is 0 Å². The molecule has 1 unspecified atom stereocenters. The van der Waals surface area contributed by atoms with Gasteiger partial charge >= 0.3 is 18.1 Å². The summed E-state index contributed by atoms with van der Waals surface area (Å²) in [7, 11) is 0. The average molecular weight is 282 g/mol. The first-order chi connectivity index (χ1) is 8.71. The van der Waals surface area contributed by atoms with Gasteiger partial charge in [0.2, 0.25) is 5.91 Å². The normalized spacial score (nSPS) is 20.9. The first-order valence-corrected chi connectivity index (χ1v) is 5.60. The number of nitrogens with one attached hydrogen (secondary N) is 1. The van der Waals surface area contributed by atoms with Crippen molar-refractivity contribution in [2.75, 3.05) is 13.1 Å². The number of carbonyl (C=O) groups excluding carboxylic acids is 2. The minimum atomic E-state index is -5.07. The van der Waals surface area contributed by atoms with E-state index in [2.05, 4.69) is 0 Å². The molecule has 19 heavy (non-hydrogen) atoms. The van der Waals surface area contributed by atoms with Crippen molar-refractivity contribution in [3.8, 4) is 0 Å². The second-order valence-corrected chi connectivity index (χ2v) is 4.17. The molecule has 1 saturated heterocycles. The van der Waals surface area contributed by atoms with Crippen LogP contribution in [-0.2, 0) is 14.4 Å². The lowest BCUT2D eigenvalue weighted by molar-refractivity contribution is -0.175. The molecular weight excluding hydrogens is 269 g/mol. The van der Waals surface area contributed by atoms with E-state index in [0.29, 0.717) is 12.8 Å². The van der Waals surface area contributed by atoms with Crippen LogP contribution in [0.25, 0.3) is 0 Å². The number of amides is 2. The van der Waals surface area contributed by atoms with Crippen LogP contribution in [0.5, 0.6) is 0 Å². The molecule has 2 amide bonds. The number of hydrogen-bond donors (Lipinski definition) is 2. The van der Waals surface area contributed by atoms with Gasteiger partial charge in [0.1, 0.15) is 12.6 Å². The van der Waals surface area contributed by atoms with E-state index in [9.17, 15) is 27.6 Å². The van der Waals surface area contributed by atoms with Crippen molar-refractivity contribution in [2.24, 2.45) is 0 Å². The van der Waals surface area contributed by atoms with Gasteiger partial charge in [0, 0.05) is 6.54 Å². The number of carboxylic acids is 1. The van der Waals surface area contributed by atoms with Crippen molar-refractivity contribution in [3.63, 3.8) is 0 Å². The third kappa shape index (κ3) is 4.42. The van der Waals surface area contributed by atoms with Gasteiger partial charge < -0.3 is 15.3 Å². The van der Waals surface area contributed by atoms with Gasteiger partial charge in [-0.15, -0.1) is 0 Å². The van der Waals surface area contributed by atoms with E-state index in [4.69, 9.17) is 5.11 Å². The topological polar surface area (TPSA) is 86.7 Å². The van der Waals surface area contributed by atoms with Crippen LogP contribution < -0.4 is 5.32 Å². The zero-order valence-corrected chi connectivity index (χ0v) is 9.87.